The van der Waals surface area contributed by atoms with Crippen LogP contribution in [0, 0.1) is 0 Å². The zero-order chi connectivity index (χ0) is 23.3. The summed E-state index contributed by atoms with van der Waals surface area (Å²) in [6.07, 6.45) is 5.22. The average molecular weight is 482 g/mol. The van der Waals surface area contributed by atoms with E-state index in [-0.39, 0.29) is 37.2 Å². The molecule has 0 aromatic heterocycles. The van der Waals surface area contributed by atoms with E-state index in [9.17, 15) is 19.5 Å². The van der Waals surface area contributed by atoms with Crippen LogP contribution in [-0.4, -0.2) is 82.4 Å². The number of amides is 3. The number of halogens is 2. The van der Waals surface area contributed by atoms with Crippen molar-refractivity contribution in [1.29, 1.82) is 0 Å². The molecule has 1 unspecified atom stereocenters. The summed E-state index contributed by atoms with van der Waals surface area (Å²) in [7, 11) is 0. The summed E-state index contributed by atoms with van der Waals surface area (Å²) in [4.78, 5) is 42.8. The maximum Gasteiger partial charge on any atom is 0.246 e. The molecule has 0 saturated carbocycles. The van der Waals surface area contributed by atoms with Crippen molar-refractivity contribution in [3.8, 4) is 0 Å². The second-order valence-electron chi connectivity index (χ2n) is 8.52. The van der Waals surface area contributed by atoms with Gasteiger partial charge in [-0.25, -0.2) is 0 Å². The predicted octanol–water partition coefficient (Wildman–Crippen LogP) is 2.83. The molecule has 0 spiro atoms. The second-order valence-corrected chi connectivity index (χ2v) is 9.33. The number of aliphatic hydroxyl groups is 1. The van der Waals surface area contributed by atoms with Crippen molar-refractivity contribution in [1.82, 2.24) is 14.7 Å². The minimum Gasteiger partial charge on any atom is -0.394 e. The lowest BCUT2D eigenvalue weighted by atomic mass is 10.00. The average Bonchev–Trinajstić information content (AvgIpc) is 3.07. The maximum atomic E-state index is 12.7. The Morgan fingerprint density at radius 3 is 2.66 bits per heavy atom. The van der Waals surface area contributed by atoms with Gasteiger partial charge in [-0.2, -0.15) is 0 Å². The van der Waals surface area contributed by atoms with Crippen molar-refractivity contribution in [3.05, 3.63) is 39.9 Å². The van der Waals surface area contributed by atoms with Crippen molar-refractivity contribution in [2.24, 2.45) is 0 Å². The van der Waals surface area contributed by atoms with Crippen LogP contribution in [0.1, 0.15) is 38.2 Å². The van der Waals surface area contributed by atoms with Crippen LogP contribution in [0.5, 0.6) is 0 Å². The van der Waals surface area contributed by atoms with Gasteiger partial charge in [-0.05, 0) is 43.5 Å². The molecule has 0 aliphatic carbocycles. The summed E-state index contributed by atoms with van der Waals surface area (Å²) >= 11 is 11.9. The first-order valence-corrected chi connectivity index (χ1v) is 11.6. The van der Waals surface area contributed by atoms with Gasteiger partial charge in [0.25, 0.3) is 0 Å². The fourth-order valence-corrected chi connectivity index (χ4v) is 4.50. The molecule has 2 aliphatic rings. The van der Waals surface area contributed by atoms with Gasteiger partial charge in [-0.15, -0.1) is 0 Å². The number of hydrogen-bond acceptors (Lipinski definition) is 4. The van der Waals surface area contributed by atoms with Crippen LogP contribution in [0.4, 0.5) is 0 Å². The quantitative estimate of drug-likeness (QED) is 0.633. The van der Waals surface area contributed by atoms with Crippen molar-refractivity contribution in [2.45, 2.75) is 38.1 Å². The normalized spacial score (nSPS) is 22.0. The topological polar surface area (TPSA) is 81.2 Å². The summed E-state index contributed by atoms with van der Waals surface area (Å²) in [5.74, 6) is -0.293. The summed E-state index contributed by atoms with van der Waals surface area (Å²) in [6.45, 7) is 3.91. The molecule has 3 amide bonds. The van der Waals surface area contributed by atoms with E-state index in [0.29, 0.717) is 42.8 Å². The summed E-state index contributed by atoms with van der Waals surface area (Å²) in [5.41, 5.74) is 0.250. The molecule has 9 heteroatoms. The van der Waals surface area contributed by atoms with E-state index in [1.54, 1.807) is 39.0 Å². The van der Waals surface area contributed by atoms with Crippen LogP contribution in [0.15, 0.2) is 24.3 Å². The molecular formula is C23H29Cl2N3O4. The van der Waals surface area contributed by atoms with Crippen LogP contribution in [0.25, 0.3) is 6.08 Å². The summed E-state index contributed by atoms with van der Waals surface area (Å²) in [5, 5.41) is 10.5. The molecule has 1 atom stereocenters. The Morgan fingerprint density at radius 2 is 1.94 bits per heavy atom. The molecule has 0 radical (unpaired) electrons. The fraction of sp³-hybridized carbons (Fsp3) is 0.522. The van der Waals surface area contributed by atoms with Crippen LogP contribution >= 0.6 is 23.2 Å². The highest BCUT2D eigenvalue weighted by Gasteiger charge is 2.38. The highest BCUT2D eigenvalue weighted by Crippen LogP contribution is 2.29. The van der Waals surface area contributed by atoms with Gasteiger partial charge >= 0.3 is 0 Å². The molecule has 7 nitrogen and oxygen atoms in total. The maximum absolute atomic E-state index is 12.7. The van der Waals surface area contributed by atoms with Crippen LogP contribution in [0.3, 0.4) is 0 Å². The first kappa shape index (κ1) is 24.6. The van der Waals surface area contributed by atoms with E-state index >= 15 is 0 Å². The zero-order valence-electron chi connectivity index (χ0n) is 18.2. The number of benzene rings is 1. The van der Waals surface area contributed by atoms with Crippen molar-refractivity contribution in [3.63, 3.8) is 0 Å². The summed E-state index contributed by atoms with van der Waals surface area (Å²) in [6, 6.07) is 5.12. The Labute approximate surface area is 198 Å². The number of carbonyl (C=O) groups is 3. The molecule has 3 rings (SSSR count). The molecule has 2 fully saturated rings. The molecule has 2 saturated heterocycles. The standard InChI is InChI=1S/C23H29Cl2N3O4/c1-23(16-29)9-2-10-28(23)22(32)8-12-27-14-13-26(11-7-21(27)31)20(30)6-4-17-3-5-18(24)19(25)15-17/h3-6,15,29H,2,7-14,16H2,1H3. The minimum atomic E-state index is -0.510. The first-order valence-electron chi connectivity index (χ1n) is 10.8. The van der Waals surface area contributed by atoms with Gasteiger partial charge in [-0.1, -0.05) is 29.3 Å². The Balaban J connectivity index is 1.53. The first-order chi connectivity index (χ1) is 15.2. The number of nitrogens with zero attached hydrogens (tertiary/aromatic N) is 3. The lowest BCUT2D eigenvalue weighted by molar-refractivity contribution is -0.137. The molecule has 1 aromatic carbocycles. The highest BCUT2D eigenvalue weighted by molar-refractivity contribution is 6.42. The molecule has 174 valence electrons. The number of likely N-dealkylation sites (tertiary alicyclic amines) is 1. The Hall–Kier alpha value is -2.09. The molecule has 0 bridgehead atoms. The fourth-order valence-electron chi connectivity index (χ4n) is 4.19. The van der Waals surface area contributed by atoms with E-state index in [1.165, 1.54) is 6.08 Å². The Morgan fingerprint density at radius 1 is 1.16 bits per heavy atom. The molecule has 2 aliphatic heterocycles. The molecule has 32 heavy (non-hydrogen) atoms. The van der Waals surface area contributed by atoms with Gasteiger partial charge in [0.2, 0.25) is 17.7 Å². The van der Waals surface area contributed by atoms with Gasteiger partial charge in [0.1, 0.15) is 0 Å². The molecule has 1 aromatic rings. The lowest BCUT2D eigenvalue weighted by Gasteiger charge is -2.34. The number of rotatable bonds is 6. The molecular weight excluding hydrogens is 453 g/mol. The summed E-state index contributed by atoms with van der Waals surface area (Å²) < 4.78 is 0. The Kier molecular flexibility index (Phi) is 8.20. The minimum absolute atomic E-state index is 0.0476. The second kappa shape index (κ2) is 10.7. The smallest absolute Gasteiger partial charge is 0.246 e. The van der Waals surface area contributed by atoms with Gasteiger partial charge in [0, 0.05) is 51.6 Å². The zero-order valence-corrected chi connectivity index (χ0v) is 19.7. The monoisotopic (exact) mass is 481 g/mol. The van der Waals surface area contributed by atoms with Crippen molar-refractivity contribution in [2.75, 3.05) is 39.3 Å². The third-order valence-corrected chi connectivity index (χ3v) is 6.99. The molecule has 2 heterocycles. The molecule has 1 N–H and O–H groups in total. The van der Waals surface area contributed by atoms with E-state index < -0.39 is 5.54 Å². The Bertz CT molecular complexity index is 907. The third kappa shape index (κ3) is 5.82. The van der Waals surface area contributed by atoms with Crippen LogP contribution < -0.4 is 0 Å². The van der Waals surface area contributed by atoms with Crippen molar-refractivity contribution >= 4 is 47.0 Å². The van der Waals surface area contributed by atoms with E-state index in [0.717, 1.165) is 18.4 Å². The van der Waals surface area contributed by atoms with Crippen LogP contribution in [-0.2, 0) is 14.4 Å². The highest BCUT2D eigenvalue weighted by atomic mass is 35.5. The van der Waals surface area contributed by atoms with Gasteiger partial charge in [0.05, 0.1) is 22.2 Å². The predicted molar refractivity (Wildman–Crippen MR) is 124 cm³/mol. The lowest BCUT2D eigenvalue weighted by Crippen LogP contribution is -2.48. The number of hydrogen-bond donors (Lipinski definition) is 1. The van der Waals surface area contributed by atoms with E-state index in [4.69, 9.17) is 23.2 Å². The van der Waals surface area contributed by atoms with Crippen molar-refractivity contribution < 1.29 is 19.5 Å². The third-order valence-electron chi connectivity index (χ3n) is 6.25. The SMILES string of the molecule is CC1(CO)CCCN1C(=O)CCN1CCN(C(=O)C=Cc2ccc(Cl)c(Cl)c2)CCC1=O. The van der Waals surface area contributed by atoms with Crippen LogP contribution in [0.2, 0.25) is 10.0 Å². The number of aliphatic hydroxyl groups excluding tert-OH is 1. The largest absolute Gasteiger partial charge is 0.394 e. The van der Waals surface area contributed by atoms with Gasteiger partial charge in [0.15, 0.2) is 0 Å². The van der Waals surface area contributed by atoms with E-state index in [2.05, 4.69) is 0 Å². The van der Waals surface area contributed by atoms with E-state index in [1.807, 2.05) is 6.92 Å². The number of carbonyl (C=O) groups excluding carboxylic acids is 3. The van der Waals surface area contributed by atoms with Gasteiger partial charge < -0.3 is 19.8 Å². The van der Waals surface area contributed by atoms with Gasteiger partial charge in [-0.3, -0.25) is 14.4 Å².